The molecular formula is C12H13ClF3N3S. The minimum atomic E-state index is -4.21. The lowest BCUT2D eigenvalue weighted by Gasteiger charge is -2.30. The van der Waals surface area contributed by atoms with Crippen LogP contribution in [0.4, 0.5) is 18.2 Å². The maximum absolute atomic E-state index is 12.5. The Hall–Kier alpha value is -1.00. The number of nitrogens with zero attached hydrogens (tertiary/aromatic N) is 3. The molecule has 1 aromatic rings. The normalized spacial score (nSPS) is 16.4. The molecule has 1 fully saturated rings. The van der Waals surface area contributed by atoms with Crippen molar-refractivity contribution < 1.29 is 13.2 Å². The molecule has 2 rings (SSSR count). The second kappa shape index (κ2) is 6.19. The van der Waals surface area contributed by atoms with Crippen molar-refractivity contribution in [2.24, 2.45) is 0 Å². The van der Waals surface area contributed by atoms with Crippen molar-refractivity contribution in [3.63, 3.8) is 0 Å². The van der Waals surface area contributed by atoms with Gasteiger partial charge in [0.1, 0.15) is 16.6 Å². The highest BCUT2D eigenvalue weighted by Gasteiger charge is 2.33. The van der Waals surface area contributed by atoms with Gasteiger partial charge in [-0.05, 0) is 24.4 Å². The van der Waals surface area contributed by atoms with Crippen LogP contribution in [0.2, 0.25) is 5.15 Å². The summed E-state index contributed by atoms with van der Waals surface area (Å²) in [7, 11) is 0. The minimum Gasteiger partial charge on any atom is -0.358 e. The summed E-state index contributed by atoms with van der Waals surface area (Å²) in [6.45, 7) is -0.151. The summed E-state index contributed by atoms with van der Waals surface area (Å²) in [6, 6.07) is 1.98. The molecular weight excluding hydrogens is 311 g/mol. The first-order valence-electron chi connectivity index (χ1n) is 6.31. The summed E-state index contributed by atoms with van der Waals surface area (Å²) in [5, 5.41) is 9.63. The average molecular weight is 324 g/mol. The molecule has 1 saturated carbocycles. The molecule has 1 aromatic heterocycles. The monoisotopic (exact) mass is 323 g/mol. The lowest BCUT2D eigenvalue weighted by atomic mass is 10.2. The van der Waals surface area contributed by atoms with E-state index in [2.05, 4.69) is 4.37 Å². The lowest BCUT2D eigenvalue weighted by Crippen LogP contribution is -2.36. The molecule has 1 aliphatic carbocycles. The van der Waals surface area contributed by atoms with Crippen LogP contribution in [0.1, 0.15) is 37.7 Å². The molecule has 20 heavy (non-hydrogen) atoms. The van der Waals surface area contributed by atoms with Crippen molar-refractivity contribution in [3.05, 3.63) is 10.7 Å². The fraction of sp³-hybridized carbons (Fsp3) is 0.667. The van der Waals surface area contributed by atoms with Crippen molar-refractivity contribution in [2.45, 2.75) is 44.3 Å². The Labute approximate surface area is 124 Å². The lowest BCUT2D eigenvalue weighted by molar-refractivity contribution is -0.132. The van der Waals surface area contributed by atoms with Gasteiger partial charge in [0.25, 0.3) is 0 Å². The first kappa shape index (κ1) is 15.4. The molecule has 0 atom stereocenters. The highest BCUT2D eigenvalue weighted by atomic mass is 35.5. The van der Waals surface area contributed by atoms with Crippen LogP contribution in [0.3, 0.4) is 0 Å². The van der Waals surface area contributed by atoms with Crippen LogP contribution in [0.15, 0.2) is 0 Å². The number of nitriles is 1. The van der Waals surface area contributed by atoms with Crippen LogP contribution in [0.5, 0.6) is 0 Å². The van der Waals surface area contributed by atoms with Gasteiger partial charge in [-0.15, -0.1) is 0 Å². The average Bonchev–Trinajstić information content (AvgIpc) is 2.99. The minimum absolute atomic E-state index is 0.0426. The maximum Gasteiger partial charge on any atom is 0.390 e. The predicted octanol–water partition coefficient (Wildman–Crippen LogP) is 4.37. The smallest absolute Gasteiger partial charge is 0.358 e. The van der Waals surface area contributed by atoms with E-state index in [1.54, 1.807) is 4.90 Å². The summed E-state index contributed by atoms with van der Waals surface area (Å²) in [4.78, 5) is 1.67. The Bertz CT molecular complexity index is 503. The van der Waals surface area contributed by atoms with Gasteiger partial charge in [-0.1, -0.05) is 24.4 Å². The second-order valence-electron chi connectivity index (χ2n) is 4.76. The van der Waals surface area contributed by atoms with Gasteiger partial charge in [-0.3, -0.25) is 0 Å². The first-order chi connectivity index (χ1) is 9.42. The van der Waals surface area contributed by atoms with E-state index < -0.39 is 12.6 Å². The first-order valence-corrected chi connectivity index (χ1v) is 7.46. The molecule has 0 bridgehead atoms. The van der Waals surface area contributed by atoms with Gasteiger partial charge in [0.05, 0.1) is 6.42 Å². The summed E-state index contributed by atoms with van der Waals surface area (Å²) >= 11 is 6.81. The molecule has 0 spiro atoms. The van der Waals surface area contributed by atoms with Gasteiger partial charge in [0.15, 0.2) is 5.15 Å². The topological polar surface area (TPSA) is 39.9 Å². The van der Waals surface area contributed by atoms with E-state index in [1.807, 2.05) is 6.07 Å². The number of rotatable bonds is 4. The van der Waals surface area contributed by atoms with Gasteiger partial charge in [-0.2, -0.15) is 22.8 Å². The third kappa shape index (κ3) is 3.55. The van der Waals surface area contributed by atoms with Crippen molar-refractivity contribution in [2.75, 3.05) is 11.4 Å². The third-order valence-electron chi connectivity index (χ3n) is 3.41. The molecule has 1 heterocycles. The number of alkyl halides is 3. The number of halogens is 4. The standard InChI is InChI=1S/C12H13ClF3N3S/c13-10-9(7-17)11(20-18-10)19(6-5-12(14,15)16)8-3-1-2-4-8/h8H,1-6H2. The fourth-order valence-electron chi connectivity index (χ4n) is 2.47. The zero-order chi connectivity index (χ0) is 14.8. The van der Waals surface area contributed by atoms with E-state index in [0.717, 1.165) is 37.2 Å². The van der Waals surface area contributed by atoms with Crippen LogP contribution in [0, 0.1) is 11.3 Å². The molecule has 0 aliphatic heterocycles. The van der Waals surface area contributed by atoms with Crippen molar-refractivity contribution in [1.82, 2.24) is 4.37 Å². The largest absolute Gasteiger partial charge is 0.390 e. The van der Waals surface area contributed by atoms with E-state index in [9.17, 15) is 13.2 Å². The second-order valence-corrected chi connectivity index (χ2v) is 5.87. The zero-order valence-electron chi connectivity index (χ0n) is 10.6. The molecule has 0 radical (unpaired) electrons. The summed E-state index contributed by atoms with van der Waals surface area (Å²) in [6.07, 6.45) is -1.41. The van der Waals surface area contributed by atoms with Gasteiger partial charge < -0.3 is 4.90 Å². The predicted molar refractivity (Wildman–Crippen MR) is 72.1 cm³/mol. The molecule has 0 aromatic carbocycles. The molecule has 0 saturated heterocycles. The summed E-state index contributed by atoms with van der Waals surface area (Å²) in [5.74, 6) is 0. The number of aromatic nitrogens is 1. The van der Waals surface area contributed by atoms with Gasteiger partial charge >= 0.3 is 6.18 Å². The van der Waals surface area contributed by atoms with Crippen LogP contribution in [0.25, 0.3) is 0 Å². The van der Waals surface area contributed by atoms with Crippen LogP contribution in [-0.4, -0.2) is 23.1 Å². The van der Waals surface area contributed by atoms with Gasteiger partial charge in [0.2, 0.25) is 0 Å². The quantitative estimate of drug-likeness (QED) is 0.826. The Kier molecular flexibility index (Phi) is 4.76. The molecule has 0 amide bonds. The van der Waals surface area contributed by atoms with Gasteiger partial charge in [-0.25, -0.2) is 0 Å². The molecule has 3 nitrogen and oxygen atoms in total. The highest BCUT2D eigenvalue weighted by molar-refractivity contribution is 7.10. The van der Waals surface area contributed by atoms with Crippen LogP contribution in [-0.2, 0) is 0 Å². The van der Waals surface area contributed by atoms with E-state index in [4.69, 9.17) is 16.9 Å². The van der Waals surface area contributed by atoms with Crippen molar-refractivity contribution in [1.29, 1.82) is 5.26 Å². The van der Waals surface area contributed by atoms with Crippen LogP contribution >= 0.6 is 23.1 Å². The molecule has 8 heteroatoms. The van der Waals surface area contributed by atoms with Crippen LogP contribution < -0.4 is 4.90 Å². The molecule has 110 valence electrons. The Morgan fingerprint density at radius 3 is 2.60 bits per heavy atom. The Morgan fingerprint density at radius 2 is 2.05 bits per heavy atom. The fourth-order valence-corrected chi connectivity index (χ4v) is 3.59. The van der Waals surface area contributed by atoms with E-state index >= 15 is 0 Å². The van der Waals surface area contributed by atoms with Gasteiger partial charge in [0, 0.05) is 12.6 Å². The SMILES string of the molecule is N#Cc1c(Cl)nsc1N(CCC(F)(F)F)C1CCCC1. The molecule has 1 aliphatic rings. The summed E-state index contributed by atoms with van der Waals surface area (Å²) in [5.41, 5.74) is 0.186. The van der Waals surface area contributed by atoms with E-state index in [1.165, 1.54) is 0 Å². The Morgan fingerprint density at radius 1 is 1.40 bits per heavy atom. The third-order valence-corrected chi connectivity index (χ3v) is 4.67. The molecule has 0 N–H and O–H groups in total. The van der Waals surface area contributed by atoms with E-state index in [0.29, 0.717) is 5.00 Å². The zero-order valence-corrected chi connectivity index (χ0v) is 12.2. The van der Waals surface area contributed by atoms with Crippen molar-refractivity contribution >= 4 is 28.1 Å². The Balaban J connectivity index is 2.23. The van der Waals surface area contributed by atoms with E-state index in [-0.39, 0.29) is 23.3 Å². The number of anilines is 1. The molecule has 0 unspecified atom stereocenters. The summed E-state index contributed by atoms with van der Waals surface area (Å²) < 4.78 is 41.3. The maximum atomic E-state index is 12.5. The van der Waals surface area contributed by atoms with Crippen molar-refractivity contribution in [3.8, 4) is 6.07 Å². The number of hydrogen-bond donors (Lipinski definition) is 0. The highest BCUT2D eigenvalue weighted by Crippen LogP contribution is 2.37. The number of hydrogen-bond acceptors (Lipinski definition) is 4.